The fourth-order valence-corrected chi connectivity index (χ4v) is 3.63. The summed E-state index contributed by atoms with van der Waals surface area (Å²) in [5.41, 5.74) is 0.541. The minimum absolute atomic E-state index is 0.0867. The summed E-state index contributed by atoms with van der Waals surface area (Å²) in [5, 5.41) is 2.94. The van der Waals surface area contributed by atoms with Crippen LogP contribution in [-0.4, -0.2) is 47.3 Å². The quantitative estimate of drug-likeness (QED) is 0.630. The maximum atomic E-state index is 12.3. The topological polar surface area (TPSA) is 92.8 Å². The van der Waals surface area contributed by atoms with Gasteiger partial charge in [0.25, 0.3) is 17.7 Å². The second-order valence-electron chi connectivity index (χ2n) is 7.25. The summed E-state index contributed by atoms with van der Waals surface area (Å²) in [5.74, 6) is -1.81. The number of fused-ring (bicyclic) bond motifs is 1. The number of esters is 1. The highest BCUT2D eigenvalue weighted by atomic mass is 16.5. The van der Waals surface area contributed by atoms with E-state index < -0.39 is 30.4 Å². The molecule has 1 heterocycles. The van der Waals surface area contributed by atoms with E-state index in [4.69, 9.17) is 4.74 Å². The Morgan fingerprint density at radius 1 is 1.15 bits per heavy atom. The van der Waals surface area contributed by atoms with Crippen molar-refractivity contribution in [1.29, 1.82) is 0 Å². The number of nitrogens with zero attached hydrogens (tertiary/aromatic N) is 1. The van der Waals surface area contributed by atoms with E-state index in [1.54, 1.807) is 24.3 Å². The third-order valence-corrected chi connectivity index (χ3v) is 5.28. The zero-order valence-corrected chi connectivity index (χ0v) is 15.6. The van der Waals surface area contributed by atoms with Crippen LogP contribution in [0.3, 0.4) is 0 Å². The Morgan fingerprint density at radius 2 is 1.74 bits per heavy atom. The number of ether oxygens (including phenoxy) is 1. The first-order valence-electron chi connectivity index (χ1n) is 9.33. The normalized spacial score (nSPS) is 23.0. The van der Waals surface area contributed by atoms with Crippen LogP contribution in [0.2, 0.25) is 0 Å². The van der Waals surface area contributed by atoms with Crippen molar-refractivity contribution in [3.8, 4) is 0 Å². The fraction of sp³-hybridized carbons (Fsp3) is 0.500. The monoisotopic (exact) mass is 372 g/mol. The number of carbonyl (C=O) groups excluding carboxylic acids is 4. The van der Waals surface area contributed by atoms with Crippen molar-refractivity contribution in [1.82, 2.24) is 10.2 Å². The smallest absolute Gasteiger partial charge is 0.326 e. The predicted molar refractivity (Wildman–Crippen MR) is 96.9 cm³/mol. The van der Waals surface area contributed by atoms with Gasteiger partial charge in [0.2, 0.25) is 0 Å². The number of benzene rings is 1. The van der Waals surface area contributed by atoms with Gasteiger partial charge >= 0.3 is 5.97 Å². The van der Waals surface area contributed by atoms with Gasteiger partial charge in [0.1, 0.15) is 6.54 Å². The van der Waals surface area contributed by atoms with Crippen LogP contribution in [0.25, 0.3) is 0 Å². The van der Waals surface area contributed by atoms with Gasteiger partial charge in [-0.15, -0.1) is 0 Å². The van der Waals surface area contributed by atoms with Crippen molar-refractivity contribution in [3.63, 3.8) is 0 Å². The molecule has 3 atom stereocenters. The largest absolute Gasteiger partial charge is 0.451 e. The summed E-state index contributed by atoms with van der Waals surface area (Å²) >= 11 is 0. The molecule has 1 aliphatic carbocycles. The molecule has 1 aromatic rings. The van der Waals surface area contributed by atoms with Gasteiger partial charge in [-0.25, -0.2) is 0 Å². The molecule has 0 spiro atoms. The first-order chi connectivity index (χ1) is 12.9. The van der Waals surface area contributed by atoms with E-state index in [-0.39, 0.29) is 23.1 Å². The zero-order valence-electron chi connectivity index (χ0n) is 15.6. The first-order valence-corrected chi connectivity index (χ1v) is 9.33. The number of nitrogens with one attached hydrogen (secondary N) is 1. The molecule has 27 heavy (non-hydrogen) atoms. The van der Waals surface area contributed by atoms with Crippen molar-refractivity contribution in [2.75, 3.05) is 6.54 Å². The number of hydrogen-bond acceptors (Lipinski definition) is 5. The molecule has 1 aromatic carbocycles. The molecule has 7 heteroatoms. The summed E-state index contributed by atoms with van der Waals surface area (Å²) in [6.07, 6.45) is 3.24. The van der Waals surface area contributed by atoms with Gasteiger partial charge in [-0.1, -0.05) is 31.9 Å². The Labute approximate surface area is 158 Å². The number of amides is 3. The SMILES string of the molecule is C[C@@H]1CCCC[C@H]1NC(=O)[C@@H](C)OC(=O)CN1C(=O)c2ccccc2C1=O. The van der Waals surface area contributed by atoms with Crippen molar-refractivity contribution >= 4 is 23.7 Å². The van der Waals surface area contributed by atoms with Gasteiger partial charge < -0.3 is 10.1 Å². The molecule has 7 nitrogen and oxygen atoms in total. The molecule has 0 radical (unpaired) electrons. The molecule has 0 unspecified atom stereocenters. The van der Waals surface area contributed by atoms with Crippen LogP contribution in [-0.2, 0) is 14.3 Å². The van der Waals surface area contributed by atoms with Crippen molar-refractivity contribution in [2.24, 2.45) is 5.92 Å². The molecule has 2 aliphatic rings. The van der Waals surface area contributed by atoms with Crippen LogP contribution >= 0.6 is 0 Å². The van der Waals surface area contributed by atoms with Crippen LogP contribution in [0.1, 0.15) is 60.2 Å². The minimum Gasteiger partial charge on any atom is -0.451 e. The molecule has 0 bridgehead atoms. The standard InChI is InChI=1S/C20H24N2O5/c1-12-7-3-6-10-16(12)21-18(24)13(2)27-17(23)11-22-19(25)14-8-4-5-9-15(14)20(22)26/h4-5,8-9,12-13,16H,3,6-7,10-11H2,1-2H3,(H,21,24)/t12-,13-,16-/m1/s1. The Bertz CT molecular complexity index is 740. The molecule has 3 rings (SSSR count). The van der Waals surface area contributed by atoms with Crippen LogP contribution in [0.4, 0.5) is 0 Å². The van der Waals surface area contributed by atoms with E-state index in [0.717, 1.165) is 24.2 Å². The molecule has 0 aromatic heterocycles. The van der Waals surface area contributed by atoms with E-state index in [0.29, 0.717) is 5.92 Å². The third-order valence-electron chi connectivity index (χ3n) is 5.28. The van der Waals surface area contributed by atoms with Gasteiger partial charge in [0, 0.05) is 6.04 Å². The Morgan fingerprint density at radius 3 is 2.33 bits per heavy atom. The Hall–Kier alpha value is -2.70. The molecule has 1 fully saturated rings. The molecule has 144 valence electrons. The van der Waals surface area contributed by atoms with Crippen LogP contribution in [0, 0.1) is 5.92 Å². The van der Waals surface area contributed by atoms with Crippen LogP contribution in [0.5, 0.6) is 0 Å². The van der Waals surface area contributed by atoms with E-state index in [1.165, 1.54) is 13.3 Å². The Kier molecular flexibility index (Phi) is 5.58. The molecule has 1 saturated carbocycles. The highest BCUT2D eigenvalue weighted by Gasteiger charge is 2.37. The van der Waals surface area contributed by atoms with Gasteiger partial charge in [-0.05, 0) is 37.8 Å². The Balaban J connectivity index is 1.54. The lowest BCUT2D eigenvalue weighted by Gasteiger charge is -2.30. The molecular formula is C20H24N2O5. The van der Waals surface area contributed by atoms with Gasteiger partial charge in [0.05, 0.1) is 11.1 Å². The van der Waals surface area contributed by atoms with E-state index in [1.807, 2.05) is 0 Å². The highest BCUT2D eigenvalue weighted by Crippen LogP contribution is 2.24. The second kappa shape index (κ2) is 7.90. The summed E-state index contributed by atoms with van der Waals surface area (Å²) in [7, 11) is 0. The number of imide groups is 1. The number of carbonyl (C=O) groups is 4. The average molecular weight is 372 g/mol. The lowest BCUT2D eigenvalue weighted by molar-refractivity contribution is -0.155. The van der Waals surface area contributed by atoms with Crippen molar-refractivity contribution in [3.05, 3.63) is 35.4 Å². The number of hydrogen-bond donors (Lipinski definition) is 1. The predicted octanol–water partition coefficient (Wildman–Crippen LogP) is 1.91. The lowest BCUT2D eigenvalue weighted by atomic mass is 9.86. The van der Waals surface area contributed by atoms with E-state index in [2.05, 4.69) is 12.2 Å². The highest BCUT2D eigenvalue weighted by molar-refractivity contribution is 6.22. The third kappa shape index (κ3) is 4.02. The molecule has 3 amide bonds. The van der Waals surface area contributed by atoms with Crippen LogP contribution in [0.15, 0.2) is 24.3 Å². The first kappa shape index (κ1) is 19.1. The van der Waals surface area contributed by atoms with Gasteiger partial charge in [-0.2, -0.15) is 0 Å². The maximum absolute atomic E-state index is 12.3. The van der Waals surface area contributed by atoms with E-state index in [9.17, 15) is 19.2 Å². The second-order valence-corrected chi connectivity index (χ2v) is 7.25. The van der Waals surface area contributed by atoms with Crippen molar-refractivity contribution in [2.45, 2.75) is 51.7 Å². The van der Waals surface area contributed by atoms with Crippen LogP contribution < -0.4 is 5.32 Å². The summed E-state index contributed by atoms with van der Waals surface area (Å²) in [4.78, 5) is 49.9. The maximum Gasteiger partial charge on any atom is 0.326 e. The zero-order chi connectivity index (χ0) is 19.6. The molecule has 1 aliphatic heterocycles. The molecular weight excluding hydrogens is 348 g/mol. The summed E-state index contributed by atoms with van der Waals surface area (Å²) in [6, 6.07) is 6.49. The van der Waals surface area contributed by atoms with E-state index >= 15 is 0 Å². The molecule has 1 N–H and O–H groups in total. The molecule has 0 saturated heterocycles. The van der Waals surface area contributed by atoms with Gasteiger partial charge in [0.15, 0.2) is 6.10 Å². The fourth-order valence-electron chi connectivity index (χ4n) is 3.63. The average Bonchev–Trinajstić information content (AvgIpc) is 2.89. The van der Waals surface area contributed by atoms with Crippen molar-refractivity contribution < 1.29 is 23.9 Å². The minimum atomic E-state index is -0.984. The summed E-state index contributed by atoms with van der Waals surface area (Å²) < 4.78 is 5.15. The van der Waals surface area contributed by atoms with Gasteiger partial charge in [-0.3, -0.25) is 24.1 Å². The number of rotatable bonds is 5. The lowest BCUT2D eigenvalue weighted by Crippen LogP contribution is -2.46. The summed E-state index contributed by atoms with van der Waals surface area (Å²) in [6.45, 7) is 3.08.